The van der Waals surface area contributed by atoms with Gasteiger partial charge in [-0.3, -0.25) is 9.78 Å². The number of benzene rings is 1. The van der Waals surface area contributed by atoms with Gasteiger partial charge in [-0.15, -0.1) is 0 Å². The fourth-order valence-corrected chi connectivity index (χ4v) is 5.28. The van der Waals surface area contributed by atoms with Gasteiger partial charge in [0, 0.05) is 17.5 Å². The van der Waals surface area contributed by atoms with Gasteiger partial charge in [-0.2, -0.15) is 0 Å². The van der Waals surface area contributed by atoms with Gasteiger partial charge in [0.15, 0.2) is 0 Å². The van der Waals surface area contributed by atoms with Crippen LogP contribution < -0.4 is 4.72 Å². The van der Waals surface area contributed by atoms with Crippen molar-refractivity contribution in [3.63, 3.8) is 0 Å². The molecule has 1 unspecified atom stereocenters. The van der Waals surface area contributed by atoms with Crippen LogP contribution in [0.1, 0.15) is 37.7 Å². The van der Waals surface area contributed by atoms with Crippen LogP contribution in [0.4, 0.5) is 0 Å². The van der Waals surface area contributed by atoms with Crippen LogP contribution in [0.2, 0.25) is 0 Å². The molecule has 24 heavy (non-hydrogen) atoms. The fourth-order valence-electron chi connectivity index (χ4n) is 4.10. The van der Waals surface area contributed by atoms with E-state index in [-0.39, 0.29) is 22.1 Å². The Morgan fingerprint density at radius 1 is 1.25 bits per heavy atom. The van der Waals surface area contributed by atoms with E-state index in [0.717, 1.165) is 43.1 Å². The van der Waals surface area contributed by atoms with Gasteiger partial charge in [0.1, 0.15) is 4.90 Å². The van der Waals surface area contributed by atoms with Crippen LogP contribution in [0.25, 0.3) is 10.9 Å². The van der Waals surface area contributed by atoms with Crippen LogP contribution in [0, 0.1) is 18.3 Å². The van der Waals surface area contributed by atoms with E-state index >= 15 is 0 Å². The van der Waals surface area contributed by atoms with Gasteiger partial charge in [0.25, 0.3) is 10.0 Å². The van der Waals surface area contributed by atoms with Crippen molar-refractivity contribution < 1.29 is 13.2 Å². The standard InChI is InChI=1S/C18H20N2O3S/c1-12-5-6-15(16-13(12)4-2-11-19-16)24(22,23)20-17(21)14-7-10-18(14)8-3-9-18/h2,4-6,11,14H,3,7-10H2,1H3,(H,20,21). The number of nitrogens with one attached hydrogen (secondary N) is 1. The van der Waals surface area contributed by atoms with Gasteiger partial charge >= 0.3 is 0 Å². The average Bonchev–Trinajstić information content (AvgIpc) is 2.44. The van der Waals surface area contributed by atoms with Crippen molar-refractivity contribution in [2.24, 2.45) is 11.3 Å². The molecule has 0 radical (unpaired) electrons. The summed E-state index contributed by atoms with van der Waals surface area (Å²) in [4.78, 5) is 16.8. The number of carbonyl (C=O) groups is 1. The number of nitrogens with zero attached hydrogens (tertiary/aromatic N) is 1. The molecule has 2 fully saturated rings. The lowest BCUT2D eigenvalue weighted by molar-refractivity contribution is -0.141. The fraction of sp³-hybridized carbons (Fsp3) is 0.444. The molecule has 2 aliphatic rings. The summed E-state index contributed by atoms with van der Waals surface area (Å²) in [7, 11) is -3.92. The maximum Gasteiger partial charge on any atom is 0.266 e. The number of amides is 1. The number of pyridine rings is 1. The number of aromatic nitrogens is 1. The summed E-state index contributed by atoms with van der Waals surface area (Å²) in [5.74, 6) is -0.517. The molecule has 1 aromatic carbocycles. The average molecular weight is 344 g/mol. The second-order valence-corrected chi connectivity index (χ2v) is 8.71. The van der Waals surface area contributed by atoms with Gasteiger partial charge in [-0.1, -0.05) is 18.6 Å². The lowest BCUT2D eigenvalue weighted by Gasteiger charge is -2.55. The van der Waals surface area contributed by atoms with E-state index in [1.54, 1.807) is 18.3 Å². The number of rotatable bonds is 3. The summed E-state index contributed by atoms with van der Waals surface area (Å²) >= 11 is 0. The third kappa shape index (κ3) is 2.24. The molecule has 2 aromatic rings. The zero-order valence-electron chi connectivity index (χ0n) is 13.6. The van der Waals surface area contributed by atoms with E-state index in [4.69, 9.17) is 0 Å². The monoisotopic (exact) mass is 344 g/mol. The van der Waals surface area contributed by atoms with E-state index in [0.29, 0.717) is 5.52 Å². The minimum atomic E-state index is -3.92. The van der Waals surface area contributed by atoms with Crippen molar-refractivity contribution in [1.29, 1.82) is 0 Å². The Balaban J connectivity index is 1.66. The zero-order chi connectivity index (χ0) is 16.9. The minimum absolute atomic E-state index is 0.0685. The first-order valence-corrected chi connectivity index (χ1v) is 9.82. The number of fused-ring (bicyclic) bond motifs is 1. The van der Waals surface area contributed by atoms with E-state index in [2.05, 4.69) is 9.71 Å². The van der Waals surface area contributed by atoms with Gasteiger partial charge < -0.3 is 0 Å². The third-order valence-electron chi connectivity index (χ3n) is 5.81. The highest BCUT2D eigenvalue weighted by Gasteiger charge is 2.54. The third-order valence-corrected chi connectivity index (χ3v) is 7.19. The summed E-state index contributed by atoms with van der Waals surface area (Å²) in [6.07, 6.45) is 6.62. The summed E-state index contributed by atoms with van der Waals surface area (Å²) in [6.45, 7) is 1.91. The Labute approximate surface area is 141 Å². The van der Waals surface area contributed by atoms with Gasteiger partial charge in [-0.05, 0) is 55.7 Å². The first kappa shape index (κ1) is 15.6. The van der Waals surface area contributed by atoms with Crippen LogP contribution in [-0.4, -0.2) is 19.3 Å². The molecule has 0 bridgehead atoms. The Bertz CT molecular complexity index is 927. The smallest absolute Gasteiger partial charge is 0.266 e. The van der Waals surface area contributed by atoms with E-state index in [1.807, 2.05) is 13.0 Å². The number of hydrogen-bond acceptors (Lipinski definition) is 4. The van der Waals surface area contributed by atoms with Gasteiger partial charge in [-0.25, -0.2) is 13.1 Å². The molecule has 1 aromatic heterocycles. The second-order valence-electron chi connectivity index (χ2n) is 7.06. The van der Waals surface area contributed by atoms with Crippen molar-refractivity contribution in [3.05, 3.63) is 36.0 Å². The molecule has 1 spiro atoms. The summed E-state index contributed by atoms with van der Waals surface area (Å²) in [6, 6.07) is 6.90. The number of aryl methyl sites for hydroxylation is 1. The SMILES string of the molecule is Cc1ccc(S(=O)(=O)NC(=O)C2CCC23CCC3)c2ncccc12. The zero-order valence-corrected chi connectivity index (χ0v) is 14.4. The molecule has 5 nitrogen and oxygen atoms in total. The largest absolute Gasteiger partial charge is 0.274 e. The highest BCUT2D eigenvalue weighted by molar-refractivity contribution is 7.90. The molecule has 126 valence electrons. The molecule has 1 amide bonds. The van der Waals surface area contributed by atoms with Crippen LogP contribution in [0.5, 0.6) is 0 Å². The molecule has 2 aliphatic carbocycles. The van der Waals surface area contributed by atoms with Crippen molar-refractivity contribution >= 4 is 26.8 Å². The summed E-state index contributed by atoms with van der Waals surface area (Å²) < 4.78 is 27.8. The highest BCUT2D eigenvalue weighted by Crippen LogP contribution is 2.59. The summed E-state index contributed by atoms with van der Waals surface area (Å²) in [5, 5.41) is 0.784. The van der Waals surface area contributed by atoms with Gasteiger partial charge in [0.2, 0.25) is 5.91 Å². The number of hydrogen-bond donors (Lipinski definition) is 1. The van der Waals surface area contributed by atoms with E-state index in [9.17, 15) is 13.2 Å². The minimum Gasteiger partial charge on any atom is -0.274 e. The van der Waals surface area contributed by atoms with Gasteiger partial charge in [0.05, 0.1) is 5.52 Å². The number of sulfonamides is 1. The maximum atomic E-state index is 12.8. The lowest BCUT2D eigenvalue weighted by Crippen LogP contribution is -2.53. The number of carbonyl (C=O) groups excluding carboxylic acids is 1. The van der Waals surface area contributed by atoms with Crippen molar-refractivity contribution in [2.45, 2.75) is 43.9 Å². The summed E-state index contributed by atoms with van der Waals surface area (Å²) in [5.41, 5.74) is 1.44. The molecular formula is C18H20N2O3S. The van der Waals surface area contributed by atoms with Crippen molar-refractivity contribution in [3.8, 4) is 0 Å². The predicted molar refractivity (Wildman–Crippen MR) is 90.8 cm³/mol. The van der Waals surface area contributed by atoms with Crippen molar-refractivity contribution in [2.75, 3.05) is 0 Å². The molecular weight excluding hydrogens is 324 g/mol. The van der Waals surface area contributed by atoms with Crippen LogP contribution in [0.15, 0.2) is 35.4 Å². The molecule has 0 aliphatic heterocycles. The van der Waals surface area contributed by atoms with Crippen LogP contribution in [-0.2, 0) is 14.8 Å². The molecule has 0 saturated heterocycles. The molecule has 1 heterocycles. The Morgan fingerprint density at radius 2 is 2.04 bits per heavy atom. The molecule has 1 N–H and O–H groups in total. The second kappa shape index (κ2) is 5.28. The van der Waals surface area contributed by atoms with Crippen molar-refractivity contribution in [1.82, 2.24) is 9.71 Å². The molecule has 6 heteroatoms. The molecule has 2 saturated carbocycles. The molecule has 4 rings (SSSR count). The molecule has 1 atom stereocenters. The first-order chi connectivity index (χ1) is 11.4. The Kier molecular flexibility index (Phi) is 3.42. The van der Waals surface area contributed by atoms with Crippen LogP contribution in [0.3, 0.4) is 0 Å². The van der Waals surface area contributed by atoms with E-state index in [1.165, 1.54) is 6.07 Å². The highest BCUT2D eigenvalue weighted by atomic mass is 32.2. The lowest BCUT2D eigenvalue weighted by atomic mass is 9.50. The van der Waals surface area contributed by atoms with Crippen LogP contribution >= 0.6 is 0 Å². The quantitative estimate of drug-likeness (QED) is 0.929. The topological polar surface area (TPSA) is 76.1 Å². The predicted octanol–water partition coefficient (Wildman–Crippen LogP) is 2.93. The normalized spacial score (nSPS) is 22.0. The maximum absolute atomic E-state index is 12.8. The first-order valence-electron chi connectivity index (χ1n) is 8.34. The Hall–Kier alpha value is -1.95. The van der Waals surface area contributed by atoms with E-state index < -0.39 is 10.0 Å². The Morgan fingerprint density at radius 3 is 2.67 bits per heavy atom.